The Hall–Kier alpha value is -2.01. The van der Waals surface area contributed by atoms with Crippen molar-refractivity contribution in [1.29, 1.82) is 0 Å². The molecular weight excluding hydrogens is 282 g/mol. The average molecular weight is 299 g/mol. The number of aliphatic imine (C=N–C) groups is 2. The molecule has 1 aliphatic heterocycles. The van der Waals surface area contributed by atoms with Crippen molar-refractivity contribution in [1.82, 2.24) is 9.55 Å². The second-order valence-corrected chi connectivity index (χ2v) is 4.49. The van der Waals surface area contributed by atoms with Crippen molar-refractivity contribution in [3.05, 3.63) is 16.2 Å². The molecule has 2 rings (SSSR count). The smallest absolute Gasteiger partial charge is 0.330 e. The van der Waals surface area contributed by atoms with E-state index in [1.54, 1.807) is 0 Å². The fourth-order valence-electron chi connectivity index (χ4n) is 2.21. The molecule has 1 fully saturated rings. The van der Waals surface area contributed by atoms with E-state index in [1.165, 1.54) is 7.05 Å². The molecule has 1 saturated heterocycles. The Morgan fingerprint density at radius 3 is 2.67 bits per heavy atom. The number of nitrogens with two attached hydrogens (primary N) is 1. The van der Waals surface area contributed by atoms with E-state index in [-0.39, 0.29) is 17.3 Å². The van der Waals surface area contributed by atoms with Crippen molar-refractivity contribution in [3.63, 3.8) is 0 Å². The molecule has 0 aromatic carbocycles. The first kappa shape index (κ1) is 15.4. The van der Waals surface area contributed by atoms with E-state index >= 15 is 0 Å². The zero-order valence-corrected chi connectivity index (χ0v) is 11.3. The van der Waals surface area contributed by atoms with Gasteiger partial charge in [0.15, 0.2) is 12.0 Å². The van der Waals surface area contributed by atoms with Gasteiger partial charge >= 0.3 is 5.69 Å². The zero-order chi connectivity index (χ0) is 15.7. The van der Waals surface area contributed by atoms with Crippen molar-refractivity contribution >= 4 is 18.4 Å². The summed E-state index contributed by atoms with van der Waals surface area (Å²) in [5.41, 5.74) is 5.13. The highest BCUT2D eigenvalue weighted by Crippen LogP contribution is 2.32. The molecule has 1 aromatic rings. The Morgan fingerprint density at radius 2 is 2.19 bits per heavy atom. The van der Waals surface area contributed by atoms with E-state index in [9.17, 15) is 15.0 Å². The number of aromatic amines is 1. The van der Waals surface area contributed by atoms with E-state index in [0.717, 1.165) is 4.57 Å². The highest BCUT2D eigenvalue weighted by atomic mass is 16.6. The van der Waals surface area contributed by atoms with E-state index in [1.807, 2.05) is 0 Å². The predicted molar refractivity (Wildman–Crippen MR) is 73.9 cm³/mol. The first-order valence-electron chi connectivity index (χ1n) is 6.12. The van der Waals surface area contributed by atoms with Crippen LogP contribution in [0.1, 0.15) is 11.9 Å². The molecular formula is C11H17N5O5. The highest BCUT2D eigenvalue weighted by molar-refractivity contribution is 5.99. The number of hydrogen-bond acceptors (Lipinski definition) is 7. The number of imidazole rings is 1. The van der Waals surface area contributed by atoms with E-state index in [2.05, 4.69) is 21.7 Å². The molecule has 2 heterocycles. The van der Waals surface area contributed by atoms with Gasteiger partial charge in [0.05, 0.1) is 6.61 Å². The summed E-state index contributed by atoms with van der Waals surface area (Å²) in [6, 6.07) is 0. The molecule has 0 aliphatic carbocycles. The van der Waals surface area contributed by atoms with E-state index in [0.29, 0.717) is 0 Å². The minimum atomic E-state index is -1.41. The van der Waals surface area contributed by atoms with E-state index in [4.69, 9.17) is 15.6 Å². The van der Waals surface area contributed by atoms with Gasteiger partial charge in [0.1, 0.15) is 29.8 Å². The van der Waals surface area contributed by atoms with Crippen LogP contribution in [-0.2, 0) is 4.74 Å². The third kappa shape index (κ3) is 2.38. The van der Waals surface area contributed by atoms with Gasteiger partial charge in [-0.3, -0.25) is 4.99 Å². The Balaban J connectivity index is 2.53. The van der Waals surface area contributed by atoms with Gasteiger partial charge < -0.3 is 30.8 Å². The molecule has 10 heteroatoms. The number of ether oxygens (including phenoxy) is 1. The second kappa shape index (κ2) is 5.77. The van der Waals surface area contributed by atoms with E-state index < -0.39 is 36.8 Å². The van der Waals surface area contributed by atoms with Crippen LogP contribution in [0, 0.1) is 0 Å². The maximum Gasteiger partial charge on any atom is 0.330 e. The summed E-state index contributed by atoms with van der Waals surface area (Å²) in [5.74, 6) is 0.0536. The summed E-state index contributed by atoms with van der Waals surface area (Å²) >= 11 is 0. The summed E-state index contributed by atoms with van der Waals surface area (Å²) in [6.45, 7) is 2.84. The molecule has 0 radical (unpaired) electrons. The van der Waals surface area contributed by atoms with Crippen LogP contribution < -0.4 is 11.4 Å². The van der Waals surface area contributed by atoms with Gasteiger partial charge in [-0.25, -0.2) is 14.4 Å². The number of nitrogens with one attached hydrogen (secondary N) is 1. The summed E-state index contributed by atoms with van der Waals surface area (Å²) in [6.07, 6.45) is -4.98. The SMILES string of the molecule is C=Nc1c(C(N)=NC)[nH]c(=O)n1C1OC(CO)C(O)C1O. The minimum Gasteiger partial charge on any atom is -0.394 e. The summed E-state index contributed by atoms with van der Waals surface area (Å²) in [7, 11) is 1.43. The minimum absolute atomic E-state index is 0.0259. The maximum absolute atomic E-state index is 12.0. The number of H-pyrrole nitrogens is 1. The Bertz CT molecular complexity index is 621. The molecule has 1 aliphatic rings. The molecule has 10 nitrogen and oxygen atoms in total. The lowest BCUT2D eigenvalue weighted by molar-refractivity contribution is -0.0533. The van der Waals surface area contributed by atoms with Crippen molar-refractivity contribution < 1.29 is 20.1 Å². The first-order valence-corrected chi connectivity index (χ1v) is 6.12. The standard InChI is InChI=1S/C11H17N5O5/c1-13-8(12)5-9(14-2)16(11(20)15-5)10-7(19)6(18)4(3-17)21-10/h4,6-7,10,17-19H,2-3H2,1H3,(H2,12,13)(H,15,20). The topological polar surface area (TPSA) is 158 Å². The predicted octanol–water partition coefficient (Wildman–Crippen LogP) is -2.54. The van der Waals surface area contributed by atoms with Gasteiger partial charge in [-0.15, -0.1) is 0 Å². The molecule has 4 unspecified atom stereocenters. The Labute approximate surface area is 119 Å². The maximum atomic E-state index is 12.0. The van der Waals surface area contributed by atoms with Crippen molar-refractivity contribution in [2.45, 2.75) is 24.5 Å². The monoisotopic (exact) mass is 299 g/mol. The highest BCUT2D eigenvalue weighted by Gasteiger charge is 2.45. The Kier molecular flexibility index (Phi) is 4.23. The molecule has 0 bridgehead atoms. The van der Waals surface area contributed by atoms with Gasteiger partial charge in [0, 0.05) is 7.05 Å². The van der Waals surface area contributed by atoms with Crippen LogP contribution in [0.5, 0.6) is 0 Å². The fraction of sp³-hybridized carbons (Fsp3) is 0.545. The number of aliphatic hydroxyl groups is 3. The van der Waals surface area contributed by atoms with Crippen LogP contribution in [0.3, 0.4) is 0 Å². The molecule has 116 valence electrons. The second-order valence-electron chi connectivity index (χ2n) is 4.49. The number of aliphatic hydroxyl groups excluding tert-OH is 3. The molecule has 4 atom stereocenters. The third-order valence-electron chi connectivity index (χ3n) is 3.32. The van der Waals surface area contributed by atoms with Gasteiger partial charge in [-0.2, -0.15) is 0 Å². The molecule has 1 aromatic heterocycles. The number of nitrogens with zero attached hydrogens (tertiary/aromatic N) is 3. The number of aromatic nitrogens is 2. The molecule has 0 spiro atoms. The number of amidine groups is 1. The average Bonchev–Trinajstić information content (AvgIpc) is 2.96. The van der Waals surface area contributed by atoms with Crippen molar-refractivity contribution in [2.24, 2.45) is 15.7 Å². The Morgan fingerprint density at radius 1 is 1.52 bits per heavy atom. The summed E-state index contributed by atoms with van der Waals surface area (Å²) in [5, 5.41) is 28.8. The van der Waals surface area contributed by atoms with Crippen LogP contribution in [0.2, 0.25) is 0 Å². The van der Waals surface area contributed by atoms with Crippen LogP contribution in [-0.4, -0.2) is 69.4 Å². The lowest BCUT2D eigenvalue weighted by atomic mass is 10.1. The lowest BCUT2D eigenvalue weighted by Crippen LogP contribution is -2.34. The fourth-order valence-corrected chi connectivity index (χ4v) is 2.21. The lowest BCUT2D eigenvalue weighted by Gasteiger charge is -2.16. The molecule has 0 amide bonds. The van der Waals surface area contributed by atoms with Gasteiger partial charge in [0.25, 0.3) is 0 Å². The largest absolute Gasteiger partial charge is 0.394 e. The van der Waals surface area contributed by atoms with Gasteiger partial charge in [-0.1, -0.05) is 0 Å². The van der Waals surface area contributed by atoms with Gasteiger partial charge in [-0.05, 0) is 6.72 Å². The molecule has 0 saturated carbocycles. The number of rotatable bonds is 4. The van der Waals surface area contributed by atoms with Crippen molar-refractivity contribution in [3.8, 4) is 0 Å². The molecule has 6 N–H and O–H groups in total. The number of hydrogen-bond donors (Lipinski definition) is 5. The normalized spacial score (nSPS) is 29.8. The van der Waals surface area contributed by atoms with Crippen LogP contribution in [0.4, 0.5) is 5.82 Å². The molecule has 21 heavy (non-hydrogen) atoms. The van der Waals surface area contributed by atoms with Crippen LogP contribution in [0.15, 0.2) is 14.8 Å². The first-order chi connectivity index (χ1) is 9.96. The summed E-state index contributed by atoms with van der Waals surface area (Å²) in [4.78, 5) is 21.9. The third-order valence-corrected chi connectivity index (χ3v) is 3.32. The quantitative estimate of drug-likeness (QED) is 0.304. The summed E-state index contributed by atoms with van der Waals surface area (Å²) < 4.78 is 6.27. The zero-order valence-electron chi connectivity index (χ0n) is 11.3. The van der Waals surface area contributed by atoms with Crippen LogP contribution in [0.25, 0.3) is 0 Å². The van der Waals surface area contributed by atoms with Gasteiger partial charge in [0.2, 0.25) is 0 Å². The van der Waals surface area contributed by atoms with Crippen molar-refractivity contribution in [2.75, 3.05) is 13.7 Å². The van der Waals surface area contributed by atoms with Crippen LogP contribution >= 0.6 is 0 Å².